The lowest BCUT2D eigenvalue weighted by Crippen LogP contribution is -2.43. The van der Waals surface area contributed by atoms with Crippen molar-refractivity contribution in [3.63, 3.8) is 0 Å². The number of ether oxygens (including phenoxy) is 2. The van der Waals surface area contributed by atoms with Crippen molar-refractivity contribution >= 4 is 45.6 Å². The summed E-state index contributed by atoms with van der Waals surface area (Å²) >= 11 is 0. The van der Waals surface area contributed by atoms with Gasteiger partial charge in [0, 0.05) is 46.3 Å². The van der Waals surface area contributed by atoms with E-state index < -0.39 is 10.0 Å². The van der Waals surface area contributed by atoms with Crippen LogP contribution in [0.4, 0.5) is 5.69 Å². The molecule has 1 aromatic carbocycles. The third-order valence-electron chi connectivity index (χ3n) is 5.41. The first-order valence-corrected chi connectivity index (χ1v) is 11.8. The maximum atomic E-state index is 12.8. The van der Waals surface area contributed by atoms with Crippen molar-refractivity contribution in [2.75, 3.05) is 70.2 Å². The average molecular weight is 552 g/mol. The van der Waals surface area contributed by atoms with E-state index >= 15 is 0 Å². The molecule has 0 amide bonds. The molecule has 2 aliphatic heterocycles. The highest BCUT2D eigenvalue weighted by Crippen LogP contribution is 2.29. The Morgan fingerprint density at radius 2 is 2.07 bits per heavy atom. The molecule has 1 aromatic rings. The number of benzene rings is 1. The largest absolute Gasteiger partial charge is 0.382 e. The second kappa shape index (κ2) is 12.1. The standard InChI is InChI=1S/C20H32N4O4S.HI/c1-21-20(23-10-7-17(15-23)16-28-13-12-27-2)22-9-14-29(25,26)24-11-8-18-5-3-4-6-19(18)24;/h3-6,17H,7-16H2,1-2H3,(H,21,22);1H. The highest BCUT2D eigenvalue weighted by Gasteiger charge is 2.29. The molecule has 0 radical (unpaired) electrons. The molecule has 0 saturated carbocycles. The zero-order chi connectivity index (χ0) is 20.7. The molecule has 1 unspecified atom stereocenters. The molecular weight excluding hydrogens is 519 g/mol. The van der Waals surface area contributed by atoms with Crippen LogP contribution in [-0.4, -0.2) is 85.2 Å². The lowest BCUT2D eigenvalue weighted by molar-refractivity contribution is 0.0536. The first-order chi connectivity index (χ1) is 14.0. The summed E-state index contributed by atoms with van der Waals surface area (Å²) in [5, 5.41) is 3.22. The van der Waals surface area contributed by atoms with Crippen molar-refractivity contribution in [1.29, 1.82) is 0 Å². The zero-order valence-corrected chi connectivity index (χ0v) is 20.9. The van der Waals surface area contributed by atoms with Gasteiger partial charge in [-0.3, -0.25) is 9.30 Å². The molecule has 8 nitrogen and oxygen atoms in total. The van der Waals surface area contributed by atoms with Crippen LogP contribution in [0.5, 0.6) is 0 Å². The molecule has 2 aliphatic rings. The Hall–Kier alpha value is -1.11. The molecule has 1 saturated heterocycles. The summed E-state index contributed by atoms with van der Waals surface area (Å²) in [7, 11) is 0.0342. The molecule has 1 atom stereocenters. The van der Waals surface area contributed by atoms with Gasteiger partial charge in [-0.05, 0) is 24.5 Å². The molecule has 10 heteroatoms. The van der Waals surface area contributed by atoms with E-state index in [0.717, 1.165) is 43.1 Å². The number of aliphatic imine (C=N–C) groups is 1. The number of nitrogens with one attached hydrogen (secondary N) is 1. The van der Waals surface area contributed by atoms with E-state index in [1.165, 1.54) is 4.31 Å². The molecule has 0 aromatic heterocycles. The predicted molar refractivity (Wildman–Crippen MR) is 130 cm³/mol. The van der Waals surface area contributed by atoms with Gasteiger partial charge in [-0.25, -0.2) is 8.42 Å². The van der Waals surface area contributed by atoms with Crippen molar-refractivity contribution in [2.24, 2.45) is 10.9 Å². The summed E-state index contributed by atoms with van der Waals surface area (Å²) in [4.78, 5) is 6.50. The molecule has 2 heterocycles. The number of halogens is 1. The Kier molecular flexibility index (Phi) is 10.1. The number of likely N-dealkylation sites (tertiary alicyclic amines) is 1. The highest BCUT2D eigenvalue weighted by atomic mass is 127. The molecule has 170 valence electrons. The first-order valence-electron chi connectivity index (χ1n) is 10.2. The van der Waals surface area contributed by atoms with Crippen LogP contribution in [0.15, 0.2) is 29.3 Å². The molecule has 1 N–H and O–H groups in total. The summed E-state index contributed by atoms with van der Waals surface area (Å²) in [6, 6.07) is 7.71. The lowest BCUT2D eigenvalue weighted by atomic mass is 10.1. The molecule has 0 spiro atoms. The van der Waals surface area contributed by atoms with Crippen LogP contribution < -0.4 is 9.62 Å². The Balaban J connectivity index is 0.00000320. The molecular formula is C20H33IN4O4S. The van der Waals surface area contributed by atoms with Gasteiger partial charge in [-0.2, -0.15) is 0 Å². The number of hydrogen-bond donors (Lipinski definition) is 1. The number of sulfonamides is 1. The van der Waals surface area contributed by atoms with Crippen LogP contribution in [0.3, 0.4) is 0 Å². The number of fused-ring (bicyclic) bond motifs is 1. The fraction of sp³-hybridized carbons (Fsp3) is 0.650. The van der Waals surface area contributed by atoms with Gasteiger partial charge < -0.3 is 19.7 Å². The van der Waals surface area contributed by atoms with Gasteiger partial charge in [0.05, 0.1) is 31.3 Å². The van der Waals surface area contributed by atoms with E-state index in [0.29, 0.717) is 38.8 Å². The summed E-state index contributed by atoms with van der Waals surface area (Å²) in [6.07, 6.45) is 1.81. The van der Waals surface area contributed by atoms with Crippen molar-refractivity contribution < 1.29 is 17.9 Å². The fourth-order valence-corrected chi connectivity index (χ4v) is 5.31. The highest BCUT2D eigenvalue weighted by molar-refractivity contribution is 14.0. The Labute approximate surface area is 197 Å². The number of guanidine groups is 1. The quantitative estimate of drug-likeness (QED) is 0.217. The molecule has 1 fully saturated rings. The summed E-state index contributed by atoms with van der Waals surface area (Å²) in [5.74, 6) is 1.24. The van der Waals surface area contributed by atoms with Crippen LogP contribution in [0.2, 0.25) is 0 Å². The summed E-state index contributed by atoms with van der Waals surface area (Å²) in [6.45, 7) is 4.53. The monoisotopic (exact) mass is 552 g/mol. The van der Waals surface area contributed by atoms with Gasteiger partial charge >= 0.3 is 0 Å². The van der Waals surface area contributed by atoms with E-state index in [1.54, 1.807) is 14.2 Å². The van der Waals surface area contributed by atoms with Crippen LogP contribution in [-0.2, 0) is 25.9 Å². The van der Waals surface area contributed by atoms with Gasteiger partial charge in [0.2, 0.25) is 10.0 Å². The number of nitrogens with zero attached hydrogens (tertiary/aromatic N) is 3. The van der Waals surface area contributed by atoms with Crippen molar-refractivity contribution in [2.45, 2.75) is 12.8 Å². The van der Waals surface area contributed by atoms with E-state index in [9.17, 15) is 8.42 Å². The van der Waals surface area contributed by atoms with E-state index in [-0.39, 0.29) is 29.7 Å². The van der Waals surface area contributed by atoms with Gasteiger partial charge in [-0.15, -0.1) is 24.0 Å². The number of hydrogen-bond acceptors (Lipinski definition) is 5. The number of rotatable bonds is 9. The Morgan fingerprint density at radius 1 is 1.27 bits per heavy atom. The number of methoxy groups -OCH3 is 1. The smallest absolute Gasteiger partial charge is 0.236 e. The number of para-hydroxylation sites is 1. The van der Waals surface area contributed by atoms with Crippen molar-refractivity contribution in [3.8, 4) is 0 Å². The van der Waals surface area contributed by atoms with Gasteiger partial charge in [0.1, 0.15) is 0 Å². The van der Waals surface area contributed by atoms with Crippen LogP contribution in [0, 0.1) is 5.92 Å². The normalized spacial score (nSPS) is 19.0. The zero-order valence-electron chi connectivity index (χ0n) is 17.7. The first kappa shape index (κ1) is 25.2. The second-order valence-electron chi connectivity index (χ2n) is 7.41. The molecule has 0 bridgehead atoms. The summed E-state index contributed by atoms with van der Waals surface area (Å²) in [5.41, 5.74) is 1.91. The second-order valence-corrected chi connectivity index (χ2v) is 9.42. The Morgan fingerprint density at radius 3 is 2.83 bits per heavy atom. The molecule has 3 rings (SSSR count). The van der Waals surface area contributed by atoms with Gasteiger partial charge in [-0.1, -0.05) is 18.2 Å². The van der Waals surface area contributed by atoms with Crippen molar-refractivity contribution in [3.05, 3.63) is 29.8 Å². The van der Waals surface area contributed by atoms with Crippen LogP contribution in [0.1, 0.15) is 12.0 Å². The minimum Gasteiger partial charge on any atom is -0.382 e. The minimum absolute atomic E-state index is 0. The Bertz CT molecular complexity index is 806. The molecule has 0 aliphatic carbocycles. The number of anilines is 1. The fourth-order valence-electron chi connectivity index (χ4n) is 3.88. The average Bonchev–Trinajstić information content (AvgIpc) is 3.36. The van der Waals surface area contributed by atoms with E-state index in [4.69, 9.17) is 9.47 Å². The third kappa shape index (κ3) is 6.44. The summed E-state index contributed by atoms with van der Waals surface area (Å²) < 4.78 is 37.8. The van der Waals surface area contributed by atoms with E-state index in [2.05, 4.69) is 15.2 Å². The minimum atomic E-state index is -3.36. The maximum absolute atomic E-state index is 12.8. The van der Waals surface area contributed by atoms with Crippen molar-refractivity contribution in [1.82, 2.24) is 10.2 Å². The van der Waals surface area contributed by atoms with Crippen LogP contribution >= 0.6 is 24.0 Å². The molecule has 30 heavy (non-hydrogen) atoms. The van der Waals surface area contributed by atoms with Gasteiger partial charge in [0.15, 0.2) is 5.96 Å². The lowest BCUT2D eigenvalue weighted by Gasteiger charge is -2.23. The topological polar surface area (TPSA) is 83.5 Å². The third-order valence-corrected chi connectivity index (χ3v) is 7.18. The predicted octanol–water partition coefficient (Wildman–Crippen LogP) is 1.56. The van der Waals surface area contributed by atoms with Crippen LogP contribution in [0.25, 0.3) is 0 Å². The van der Waals surface area contributed by atoms with E-state index in [1.807, 2.05) is 24.3 Å². The van der Waals surface area contributed by atoms with Gasteiger partial charge in [0.25, 0.3) is 0 Å². The maximum Gasteiger partial charge on any atom is 0.236 e. The SMILES string of the molecule is CN=C(NCCS(=O)(=O)N1CCc2ccccc21)N1CCC(COCCOC)C1.I.